The van der Waals surface area contributed by atoms with E-state index in [0.717, 1.165) is 5.56 Å². The molecule has 1 aromatic rings. The van der Waals surface area contributed by atoms with Gasteiger partial charge in [-0.15, -0.1) is 0 Å². The number of benzene rings is 1. The predicted molar refractivity (Wildman–Crippen MR) is 81.1 cm³/mol. The normalized spacial score (nSPS) is 22.8. The molecule has 0 radical (unpaired) electrons. The topological polar surface area (TPSA) is 57.6 Å². The average Bonchev–Trinajstić information content (AvgIpc) is 2.89. The molecule has 0 spiro atoms. The fourth-order valence-electron chi connectivity index (χ4n) is 2.85. The summed E-state index contributed by atoms with van der Waals surface area (Å²) < 4.78 is 14.1. The number of carbonyl (C=O) groups is 2. The number of carboxylic acids is 1. The lowest BCUT2D eigenvalue weighted by molar-refractivity contribution is -0.150. The maximum atomic E-state index is 14.1. The minimum Gasteiger partial charge on any atom is -0.479 e. The van der Waals surface area contributed by atoms with Gasteiger partial charge in [0.05, 0.1) is 6.54 Å². The second-order valence-corrected chi connectivity index (χ2v) is 6.32. The zero-order chi connectivity index (χ0) is 16.3. The average molecular weight is 307 g/mol. The summed E-state index contributed by atoms with van der Waals surface area (Å²) in [5.41, 5.74) is -1.25. The number of hydrogen-bond donors (Lipinski definition) is 1. The lowest BCUT2D eigenvalue weighted by Gasteiger charge is -2.26. The van der Waals surface area contributed by atoms with Crippen molar-refractivity contribution in [3.05, 3.63) is 35.9 Å². The van der Waals surface area contributed by atoms with Gasteiger partial charge in [0.25, 0.3) is 0 Å². The van der Waals surface area contributed by atoms with Crippen molar-refractivity contribution in [3.63, 3.8) is 0 Å². The number of hydrogen-bond acceptors (Lipinski definition) is 2. The van der Waals surface area contributed by atoms with Gasteiger partial charge in [-0.05, 0) is 17.9 Å². The van der Waals surface area contributed by atoms with Crippen LogP contribution in [0.3, 0.4) is 0 Å². The summed E-state index contributed by atoms with van der Waals surface area (Å²) in [7, 11) is 0. The van der Waals surface area contributed by atoms with E-state index in [4.69, 9.17) is 5.11 Å². The van der Waals surface area contributed by atoms with Crippen LogP contribution in [-0.4, -0.2) is 40.6 Å². The Hall–Kier alpha value is -1.91. The number of carbonyl (C=O) groups excluding carboxylic acids is 1. The number of rotatable bonds is 5. The van der Waals surface area contributed by atoms with Crippen LogP contribution in [0.5, 0.6) is 0 Å². The van der Waals surface area contributed by atoms with E-state index in [1.807, 2.05) is 44.2 Å². The van der Waals surface area contributed by atoms with Gasteiger partial charge >= 0.3 is 5.97 Å². The smallest absolute Gasteiger partial charge is 0.343 e. The molecule has 1 N–H and O–H groups in total. The zero-order valence-corrected chi connectivity index (χ0v) is 13.0. The second-order valence-electron chi connectivity index (χ2n) is 6.32. The van der Waals surface area contributed by atoms with Gasteiger partial charge in [0.1, 0.15) is 0 Å². The van der Waals surface area contributed by atoms with E-state index in [-0.39, 0.29) is 37.3 Å². The van der Waals surface area contributed by atoms with E-state index < -0.39 is 11.6 Å². The highest BCUT2D eigenvalue weighted by atomic mass is 19.1. The van der Waals surface area contributed by atoms with Crippen LogP contribution in [0.2, 0.25) is 0 Å². The molecule has 0 aromatic heterocycles. The Morgan fingerprint density at radius 3 is 2.45 bits per heavy atom. The Labute approximate surface area is 129 Å². The zero-order valence-electron chi connectivity index (χ0n) is 13.0. The number of halogens is 1. The molecule has 0 bridgehead atoms. The molecule has 1 aromatic carbocycles. The third-order valence-electron chi connectivity index (χ3n) is 4.33. The molecule has 0 saturated carbocycles. The fraction of sp³-hybridized carbons (Fsp3) is 0.529. The van der Waals surface area contributed by atoms with E-state index in [9.17, 15) is 14.0 Å². The largest absolute Gasteiger partial charge is 0.479 e. The first-order valence-electron chi connectivity index (χ1n) is 7.58. The van der Waals surface area contributed by atoms with Crippen LogP contribution in [0.25, 0.3) is 0 Å². The first-order valence-corrected chi connectivity index (χ1v) is 7.58. The Kier molecular flexibility index (Phi) is 4.84. The van der Waals surface area contributed by atoms with Gasteiger partial charge in [-0.2, -0.15) is 0 Å². The summed E-state index contributed by atoms with van der Waals surface area (Å²) in [5.74, 6) is -1.79. The molecule has 1 amide bonds. The molecule has 4 nitrogen and oxygen atoms in total. The molecule has 2 rings (SSSR count). The minimum atomic E-state index is -2.30. The summed E-state index contributed by atoms with van der Waals surface area (Å²) in [6.07, 6.45) is 0.449. The van der Waals surface area contributed by atoms with Crippen molar-refractivity contribution in [1.29, 1.82) is 0 Å². The van der Waals surface area contributed by atoms with Crippen LogP contribution in [0.1, 0.15) is 25.8 Å². The van der Waals surface area contributed by atoms with E-state index in [2.05, 4.69) is 0 Å². The van der Waals surface area contributed by atoms with Crippen LogP contribution in [0, 0.1) is 11.8 Å². The van der Waals surface area contributed by atoms with E-state index >= 15 is 0 Å². The first kappa shape index (κ1) is 16.5. The summed E-state index contributed by atoms with van der Waals surface area (Å²) in [4.78, 5) is 25.0. The van der Waals surface area contributed by atoms with Gasteiger partial charge in [-0.1, -0.05) is 44.2 Å². The van der Waals surface area contributed by atoms with Crippen molar-refractivity contribution < 1.29 is 19.1 Å². The van der Waals surface area contributed by atoms with Gasteiger partial charge in [0.2, 0.25) is 11.6 Å². The number of aliphatic carboxylic acids is 1. The molecule has 1 aliphatic heterocycles. The molecule has 1 aliphatic rings. The Bertz CT molecular complexity index is 546. The Morgan fingerprint density at radius 2 is 1.95 bits per heavy atom. The molecular formula is C17H22FNO3. The quantitative estimate of drug-likeness (QED) is 0.909. The molecule has 0 aliphatic carbocycles. The lowest BCUT2D eigenvalue weighted by Crippen LogP contribution is -2.42. The van der Waals surface area contributed by atoms with Gasteiger partial charge in [-0.3, -0.25) is 4.79 Å². The highest BCUT2D eigenvalue weighted by Crippen LogP contribution is 2.29. The minimum absolute atomic E-state index is 0.104. The van der Waals surface area contributed by atoms with Crippen LogP contribution < -0.4 is 0 Å². The van der Waals surface area contributed by atoms with Crippen molar-refractivity contribution in [2.24, 2.45) is 11.8 Å². The van der Waals surface area contributed by atoms with E-state index in [0.29, 0.717) is 6.42 Å². The highest BCUT2D eigenvalue weighted by molar-refractivity contribution is 5.83. The Balaban J connectivity index is 2.10. The van der Waals surface area contributed by atoms with E-state index in [1.54, 1.807) is 0 Å². The SMILES string of the molecule is CC(C)C(Cc1ccccc1)C(=O)N1CCC(F)(C(=O)O)C1. The third-order valence-corrected chi connectivity index (χ3v) is 4.33. The fourth-order valence-corrected chi connectivity index (χ4v) is 2.85. The van der Waals surface area contributed by atoms with Gasteiger partial charge in [-0.25, -0.2) is 9.18 Å². The predicted octanol–water partition coefficient (Wildman–Crippen LogP) is 2.53. The molecule has 1 saturated heterocycles. The number of nitrogens with zero attached hydrogens (tertiary/aromatic N) is 1. The van der Waals surface area contributed by atoms with Crippen molar-refractivity contribution in [2.45, 2.75) is 32.4 Å². The summed E-state index contributed by atoms with van der Waals surface area (Å²) in [6.45, 7) is 3.74. The van der Waals surface area contributed by atoms with Gasteiger partial charge in [0, 0.05) is 18.9 Å². The van der Waals surface area contributed by atoms with Crippen LogP contribution in [0.15, 0.2) is 30.3 Å². The first-order chi connectivity index (χ1) is 10.3. The van der Waals surface area contributed by atoms with Crippen LogP contribution in [0.4, 0.5) is 4.39 Å². The lowest BCUT2D eigenvalue weighted by atomic mass is 9.88. The summed E-state index contributed by atoms with van der Waals surface area (Å²) in [6, 6.07) is 9.68. The number of alkyl halides is 1. The molecule has 120 valence electrons. The molecule has 5 heteroatoms. The number of carboxylic acid groups (broad SMARTS) is 1. The standard InChI is InChI=1S/C17H22FNO3/c1-12(2)14(10-13-6-4-3-5-7-13)15(20)19-9-8-17(18,11-19)16(21)22/h3-7,12,14H,8-11H2,1-2H3,(H,21,22). The number of likely N-dealkylation sites (tertiary alicyclic amines) is 1. The van der Waals surface area contributed by atoms with Gasteiger partial charge < -0.3 is 10.0 Å². The molecule has 1 heterocycles. The maximum Gasteiger partial charge on any atom is 0.343 e. The monoisotopic (exact) mass is 307 g/mol. The molecular weight excluding hydrogens is 285 g/mol. The van der Waals surface area contributed by atoms with Crippen LogP contribution >= 0.6 is 0 Å². The second kappa shape index (κ2) is 6.46. The maximum absolute atomic E-state index is 14.1. The third kappa shape index (κ3) is 3.46. The summed E-state index contributed by atoms with van der Waals surface area (Å²) in [5, 5.41) is 8.94. The number of amides is 1. The van der Waals surface area contributed by atoms with Crippen molar-refractivity contribution in [1.82, 2.24) is 4.90 Å². The van der Waals surface area contributed by atoms with Crippen LogP contribution in [-0.2, 0) is 16.0 Å². The summed E-state index contributed by atoms with van der Waals surface area (Å²) >= 11 is 0. The van der Waals surface area contributed by atoms with Crippen molar-refractivity contribution in [3.8, 4) is 0 Å². The molecule has 2 atom stereocenters. The van der Waals surface area contributed by atoms with Crippen molar-refractivity contribution in [2.75, 3.05) is 13.1 Å². The Morgan fingerprint density at radius 1 is 1.32 bits per heavy atom. The molecule has 1 fully saturated rings. The van der Waals surface area contributed by atoms with Gasteiger partial charge in [0.15, 0.2) is 0 Å². The molecule has 22 heavy (non-hydrogen) atoms. The van der Waals surface area contributed by atoms with Crippen molar-refractivity contribution >= 4 is 11.9 Å². The molecule has 2 unspecified atom stereocenters. The van der Waals surface area contributed by atoms with E-state index in [1.165, 1.54) is 4.90 Å². The highest BCUT2D eigenvalue weighted by Gasteiger charge is 2.47.